The Hall–Kier alpha value is -1.03. The Labute approximate surface area is 128 Å². The van der Waals surface area contributed by atoms with Crippen LogP contribution in [0.25, 0.3) is 0 Å². The number of rotatable bonds is 3. The summed E-state index contributed by atoms with van der Waals surface area (Å²) >= 11 is 8.85. The third kappa shape index (κ3) is 3.35. The molecule has 7 nitrogen and oxygen atoms in total. The number of hydrogen-bond donors (Lipinski definition) is 2. The number of pyridine rings is 1. The maximum Gasteiger partial charge on any atom is 0.244 e. The number of aromatic nitrogens is 1. The van der Waals surface area contributed by atoms with Crippen LogP contribution in [0.15, 0.2) is 21.6 Å². The number of piperidine rings is 1. The van der Waals surface area contributed by atoms with Crippen LogP contribution in [-0.4, -0.2) is 31.3 Å². The molecule has 1 aliphatic heterocycles. The fourth-order valence-corrected chi connectivity index (χ4v) is 3.82. The highest BCUT2D eigenvalue weighted by Gasteiger charge is 2.31. The lowest BCUT2D eigenvalue weighted by Gasteiger charge is -2.21. The van der Waals surface area contributed by atoms with Gasteiger partial charge in [0, 0.05) is 17.1 Å². The average molecular weight is 383 g/mol. The smallest absolute Gasteiger partial charge is 0.244 e. The second-order valence-electron chi connectivity index (χ2n) is 4.07. The Morgan fingerprint density at radius 2 is 2.15 bits per heavy atom. The molecule has 1 aromatic rings. The third-order valence-corrected chi connectivity index (χ3v) is 4.93. The summed E-state index contributed by atoms with van der Waals surface area (Å²) in [7, 11) is -4.01. The van der Waals surface area contributed by atoms with E-state index in [9.17, 15) is 18.0 Å². The highest BCUT2D eigenvalue weighted by Crippen LogP contribution is 2.23. The topological polar surface area (TPSA) is 105 Å². The first-order valence-corrected chi connectivity index (χ1v) is 8.12. The standard InChI is InChI=1S/C10H9BrClN3O4S/c11-5-3-7(9(12)13-4-5)20(18,19)15-6-1-2-8(16)14-10(6)17/h3-4,6,15H,1-2H2,(H,14,16,17). The van der Waals surface area contributed by atoms with Gasteiger partial charge in [0.25, 0.3) is 0 Å². The third-order valence-electron chi connectivity index (χ3n) is 2.60. The summed E-state index contributed by atoms with van der Waals surface area (Å²) in [6.45, 7) is 0. The van der Waals surface area contributed by atoms with Crippen molar-refractivity contribution in [2.75, 3.05) is 0 Å². The van der Waals surface area contributed by atoms with Crippen LogP contribution in [-0.2, 0) is 19.6 Å². The van der Waals surface area contributed by atoms with Gasteiger partial charge < -0.3 is 0 Å². The van der Waals surface area contributed by atoms with Crippen LogP contribution in [0.2, 0.25) is 5.15 Å². The summed E-state index contributed by atoms with van der Waals surface area (Å²) in [6, 6.07) is 0.275. The first kappa shape index (κ1) is 15.4. The molecular weight excluding hydrogens is 374 g/mol. The largest absolute Gasteiger partial charge is 0.295 e. The molecule has 1 fully saturated rings. The van der Waals surface area contributed by atoms with E-state index in [2.05, 4.69) is 31.0 Å². The van der Waals surface area contributed by atoms with Gasteiger partial charge in [0.15, 0.2) is 0 Å². The van der Waals surface area contributed by atoms with E-state index < -0.39 is 27.9 Å². The number of hydrogen-bond acceptors (Lipinski definition) is 5. The first-order valence-electron chi connectivity index (χ1n) is 5.46. The second-order valence-corrected chi connectivity index (χ2v) is 7.02. The summed E-state index contributed by atoms with van der Waals surface area (Å²) in [5, 5.41) is 1.87. The molecule has 0 aliphatic carbocycles. The van der Waals surface area contributed by atoms with E-state index in [1.807, 2.05) is 0 Å². The van der Waals surface area contributed by atoms with Gasteiger partial charge in [-0.2, -0.15) is 4.72 Å². The normalized spacial score (nSPS) is 19.8. The van der Waals surface area contributed by atoms with Crippen molar-refractivity contribution in [2.45, 2.75) is 23.8 Å². The maximum absolute atomic E-state index is 12.2. The number of nitrogens with zero attached hydrogens (tertiary/aromatic N) is 1. The van der Waals surface area contributed by atoms with E-state index in [0.717, 1.165) is 0 Å². The van der Waals surface area contributed by atoms with Crippen molar-refractivity contribution in [2.24, 2.45) is 0 Å². The second kappa shape index (κ2) is 5.76. The first-order chi connectivity index (χ1) is 9.29. The molecule has 0 bridgehead atoms. The Morgan fingerprint density at radius 1 is 1.45 bits per heavy atom. The van der Waals surface area contributed by atoms with Crippen molar-refractivity contribution in [1.82, 2.24) is 15.0 Å². The summed E-state index contributed by atoms with van der Waals surface area (Å²) < 4.78 is 27.0. The quantitative estimate of drug-likeness (QED) is 0.588. The van der Waals surface area contributed by atoms with E-state index in [1.165, 1.54) is 12.3 Å². The van der Waals surface area contributed by atoms with Gasteiger partial charge in [-0.15, -0.1) is 0 Å². The molecule has 0 radical (unpaired) electrons. The Bertz CT molecular complexity index is 679. The van der Waals surface area contributed by atoms with Crippen molar-refractivity contribution >= 4 is 49.4 Å². The molecule has 1 aliphatic rings. The van der Waals surface area contributed by atoms with Crippen molar-refractivity contribution in [3.8, 4) is 0 Å². The van der Waals surface area contributed by atoms with Gasteiger partial charge in [-0.1, -0.05) is 11.6 Å². The minimum absolute atomic E-state index is 0.0728. The van der Waals surface area contributed by atoms with Gasteiger partial charge in [-0.05, 0) is 28.4 Å². The lowest BCUT2D eigenvalue weighted by atomic mass is 10.1. The van der Waals surface area contributed by atoms with E-state index in [-0.39, 0.29) is 22.9 Å². The zero-order valence-electron chi connectivity index (χ0n) is 9.89. The number of sulfonamides is 1. The molecule has 1 atom stereocenters. The molecule has 108 valence electrons. The molecule has 0 aromatic carbocycles. The molecule has 2 rings (SSSR count). The SMILES string of the molecule is O=C1CCC(NS(=O)(=O)c2cc(Br)cnc2Cl)C(=O)N1. The van der Waals surface area contributed by atoms with Crippen LogP contribution in [0.1, 0.15) is 12.8 Å². The lowest BCUT2D eigenvalue weighted by molar-refractivity contribution is -0.134. The van der Waals surface area contributed by atoms with Crippen molar-refractivity contribution in [1.29, 1.82) is 0 Å². The van der Waals surface area contributed by atoms with Crippen LogP contribution in [0.5, 0.6) is 0 Å². The van der Waals surface area contributed by atoms with Crippen molar-refractivity contribution in [3.05, 3.63) is 21.9 Å². The molecule has 2 N–H and O–H groups in total. The van der Waals surface area contributed by atoms with Crippen LogP contribution >= 0.6 is 27.5 Å². The van der Waals surface area contributed by atoms with Crippen LogP contribution in [0.4, 0.5) is 0 Å². The van der Waals surface area contributed by atoms with Gasteiger partial charge in [0.05, 0.1) is 0 Å². The molecular formula is C10H9BrClN3O4S. The molecule has 2 heterocycles. The minimum Gasteiger partial charge on any atom is -0.295 e. The van der Waals surface area contributed by atoms with E-state index >= 15 is 0 Å². The molecule has 0 spiro atoms. The van der Waals surface area contributed by atoms with Crippen LogP contribution < -0.4 is 10.0 Å². The predicted molar refractivity (Wildman–Crippen MR) is 73.4 cm³/mol. The number of halogens is 2. The average Bonchev–Trinajstić information content (AvgIpc) is 2.35. The Morgan fingerprint density at radius 3 is 2.80 bits per heavy atom. The number of nitrogens with one attached hydrogen (secondary N) is 2. The van der Waals surface area contributed by atoms with Gasteiger partial charge in [-0.3, -0.25) is 14.9 Å². The fraction of sp³-hybridized carbons (Fsp3) is 0.300. The van der Waals surface area contributed by atoms with Crippen molar-refractivity contribution < 1.29 is 18.0 Å². The van der Waals surface area contributed by atoms with Gasteiger partial charge >= 0.3 is 0 Å². The zero-order chi connectivity index (χ0) is 14.9. The number of carbonyl (C=O) groups is 2. The summed E-state index contributed by atoms with van der Waals surface area (Å²) in [5.74, 6) is -1.10. The van der Waals surface area contributed by atoms with E-state index in [1.54, 1.807) is 0 Å². The molecule has 10 heteroatoms. The van der Waals surface area contributed by atoms with Gasteiger partial charge in [0.1, 0.15) is 16.1 Å². The van der Waals surface area contributed by atoms with Gasteiger partial charge in [-0.25, -0.2) is 13.4 Å². The van der Waals surface area contributed by atoms with E-state index in [4.69, 9.17) is 11.6 Å². The van der Waals surface area contributed by atoms with Crippen molar-refractivity contribution in [3.63, 3.8) is 0 Å². The summed E-state index contributed by atoms with van der Waals surface area (Å²) in [6.07, 6.45) is 1.53. The number of carbonyl (C=O) groups excluding carboxylic acids is 2. The monoisotopic (exact) mass is 381 g/mol. The molecule has 1 unspecified atom stereocenters. The Balaban J connectivity index is 2.25. The zero-order valence-corrected chi connectivity index (χ0v) is 13.0. The molecule has 0 saturated carbocycles. The fourth-order valence-electron chi connectivity index (χ4n) is 1.65. The molecule has 1 aromatic heterocycles. The minimum atomic E-state index is -4.01. The molecule has 2 amide bonds. The highest BCUT2D eigenvalue weighted by molar-refractivity contribution is 9.10. The lowest BCUT2D eigenvalue weighted by Crippen LogP contribution is -2.52. The maximum atomic E-state index is 12.2. The van der Waals surface area contributed by atoms with E-state index in [0.29, 0.717) is 4.47 Å². The van der Waals surface area contributed by atoms with Crippen LogP contribution in [0.3, 0.4) is 0 Å². The molecule has 1 saturated heterocycles. The predicted octanol–water partition coefficient (Wildman–Crippen LogP) is 0.581. The summed E-state index contributed by atoms with van der Waals surface area (Å²) in [4.78, 5) is 26.0. The highest BCUT2D eigenvalue weighted by atomic mass is 79.9. The Kier molecular flexibility index (Phi) is 4.43. The number of imide groups is 1. The van der Waals surface area contributed by atoms with Gasteiger partial charge in [0.2, 0.25) is 21.8 Å². The van der Waals surface area contributed by atoms with Crippen LogP contribution in [0, 0.1) is 0 Å². The molecule has 20 heavy (non-hydrogen) atoms. The summed E-state index contributed by atoms with van der Waals surface area (Å²) in [5.41, 5.74) is 0. The number of amides is 2.